The van der Waals surface area contributed by atoms with Gasteiger partial charge in [0, 0.05) is 12.6 Å². The topological polar surface area (TPSA) is 140 Å². The number of aromatic amines is 2. The highest BCUT2D eigenvalue weighted by Gasteiger charge is 2.24. The van der Waals surface area contributed by atoms with E-state index in [4.69, 9.17) is 5.73 Å². The molecule has 4 N–H and O–H groups in total. The van der Waals surface area contributed by atoms with Gasteiger partial charge in [0.25, 0.3) is 11.5 Å². The van der Waals surface area contributed by atoms with Crippen LogP contribution in [0.2, 0.25) is 0 Å². The van der Waals surface area contributed by atoms with Gasteiger partial charge < -0.3 is 10.7 Å². The van der Waals surface area contributed by atoms with Gasteiger partial charge in [-0.1, -0.05) is 37.6 Å². The summed E-state index contributed by atoms with van der Waals surface area (Å²) in [5.41, 5.74) is 5.28. The van der Waals surface area contributed by atoms with Crippen LogP contribution < -0.4 is 17.0 Å². The number of unbranched alkanes of at least 4 members (excludes halogenated alkanes) is 1. The lowest BCUT2D eigenvalue weighted by atomic mass is 9.94. The predicted octanol–water partition coefficient (Wildman–Crippen LogP) is 2.02. The molecule has 9 nitrogen and oxygen atoms in total. The van der Waals surface area contributed by atoms with E-state index < -0.39 is 28.9 Å². The second-order valence-electron chi connectivity index (χ2n) is 7.66. The fraction of sp³-hybridized carbons (Fsp3) is 0.261. The van der Waals surface area contributed by atoms with Gasteiger partial charge in [-0.2, -0.15) is 0 Å². The van der Waals surface area contributed by atoms with Gasteiger partial charge in [-0.25, -0.2) is 19.2 Å². The first-order valence-electron chi connectivity index (χ1n) is 10.5. The Kier molecular flexibility index (Phi) is 6.16. The molecule has 0 spiro atoms. The van der Waals surface area contributed by atoms with E-state index in [2.05, 4.69) is 26.0 Å². The number of imidazole rings is 1. The number of nitrogens with zero attached hydrogens (tertiary/aromatic N) is 3. The number of hydrogen-bond donors (Lipinski definition) is 3. The Morgan fingerprint density at radius 1 is 1.21 bits per heavy atom. The van der Waals surface area contributed by atoms with E-state index in [-0.39, 0.29) is 23.3 Å². The van der Waals surface area contributed by atoms with Crippen molar-refractivity contribution in [3.63, 3.8) is 0 Å². The number of fused-ring (bicyclic) bond motifs is 1. The summed E-state index contributed by atoms with van der Waals surface area (Å²) >= 11 is 0. The summed E-state index contributed by atoms with van der Waals surface area (Å²) in [6.45, 7) is 2.37. The Hall–Kier alpha value is -4.08. The van der Waals surface area contributed by atoms with Crippen LogP contribution in [0.25, 0.3) is 11.2 Å². The van der Waals surface area contributed by atoms with Crippen molar-refractivity contribution < 1.29 is 9.18 Å². The number of nitrogens with one attached hydrogen (secondary N) is 2. The second kappa shape index (κ2) is 9.19. The van der Waals surface area contributed by atoms with Crippen molar-refractivity contribution in [3.05, 3.63) is 91.9 Å². The van der Waals surface area contributed by atoms with E-state index in [1.54, 1.807) is 24.3 Å². The molecule has 10 heteroatoms. The Labute approximate surface area is 187 Å². The van der Waals surface area contributed by atoms with Crippen molar-refractivity contribution in [3.8, 4) is 0 Å². The van der Waals surface area contributed by atoms with Crippen molar-refractivity contribution in [2.75, 3.05) is 0 Å². The quantitative estimate of drug-likeness (QED) is 0.378. The molecule has 0 saturated carbocycles. The molecule has 0 bridgehead atoms. The highest BCUT2D eigenvalue weighted by molar-refractivity contribution is 5.90. The van der Waals surface area contributed by atoms with Crippen LogP contribution in [0, 0.1) is 11.9 Å². The van der Waals surface area contributed by atoms with E-state index in [0.29, 0.717) is 23.6 Å². The number of H-pyrrole nitrogens is 2. The molecule has 4 rings (SSSR count). The number of pyridine rings is 1. The minimum atomic E-state index is -0.754. The zero-order valence-corrected chi connectivity index (χ0v) is 17.9. The number of carbonyl (C=O) groups excluding carboxylic acids is 1. The van der Waals surface area contributed by atoms with Gasteiger partial charge in [0.2, 0.25) is 0 Å². The monoisotopic (exact) mass is 449 g/mol. The largest absolute Gasteiger partial charge is 0.364 e. The molecule has 1 amide bonds. The molecule has 1 atom stereocenters. The minimum absolute atomic E-state index is 0.0696. The maximum atomic E-state index is 14.5. The zero-order valence-electron chi connectivity index (χ0n) is 17.9. The number of aromatic nitrogens is 5. The van der Waals surface area contributed by atoms with Gasteiger partial charge in [0.15, 0.2) is 5.65 Å². The van der Waals surface area contributed by atoms with Crippen molar-refractivity contribution >= 4 is 17.1 Å². The fourth-order valence-electron chi connectivity index (χ4n) is 3.70. The van der Waals surface area contributed by atoms with Crippen LogP contribution in [0.5, 0.6) is 0 Å². The maximum Gasteiger partial charge on any atom is 0.330 e. The maximum absolute atomic E-state index is 14.5. The first kappa shape index (κ1) is 22.1. The summed E-state index contributed by atoms with van der Waals surface area (Å²) in [5, 5.41) is 0. The van der Waals surface area contributed by atoms with Crippen LogP contribution in [0.15, 0.2) is 46.0 Å². The number of halogens is 1. The molecular weight excluding hydrogens is 427 g/mol. The number of primary amides is 1. The average molecular weight is 449 g/mol. The van der Waals surface area contributed by atoms with Crippen LogP contribution in [0.4, 0.5) is 4.39 Å². The lowest BCUT2D eigenvalue weighted by Crippen LogP contribution is -2.30. The van der Waals surface area contributed by atoms with Gasteiger partial charge >= 0.3 is 5.69 Å². The molecule has 3 heterocycles. The van der Waals surface area contributed by atoms with Gasteiger partial charge in [-0.05, 0) is 30.5 Å². The molecule has 1 aromatic carbocycles. The Morgan fingerprint density at radius 2 is 2.00 bits per heavy atom. The SMILES string of the molecule is CCCCn1c(=O)[nH]c(=O)c2[nH]c(C(Cc3ccccc3F)c3cc[c]c(C(N)=O)n3)nc21. The van der Waals surface area contributed by atoms with Crippen LogP contribution in [0.3, 0.4) is 0 Å². The number of benzene rings is 1. The first-order chi connectivity index (χ1) is 15.9. The summed E-state index contributed by atoms with van der Waals surface area (Å²) in [6, 6.07) is 12.1. The smallest absolute Gasteiger partial charge is 0.330 e. The van der Waals surface area contributed by atoms with Crippen LogP contribution in [0.1, 0.15) is 53.3 Å². The van der Waals surface area contributed by atoms with E-state index in [0.717, 1.165) is 12.8 Å². The molecule has 0 fully saturated rings. The van der Waals surface area contributed by atoms with Crippen LogP contribution >= 0.6 is 0 Å². The Bertz CT molecular complexity index is 1440. The molecule has 3 aromatic heterocycles. The van der Waals surface area contributed by atoms with E-state index >= 15 is 0 Å². The summed E-state index contributed by atoms with van der Waals surface area (Å²) in [4.78, 5) is 50.7. The van der Waals surface area contributed by atoms with Crippen LogP contribution in [-0.2, 0) is 13.0 Å². The predicted molar refractivity (Wildman–Crippen MR) is 119 cm³/mol. The molecule has 0 aliphatic carbocycles. The van der Waals surface area contributed by atoms with E-state index in [1.165, 1.54) is 16.7 Å². The van der Waals surface area contributed by atoms with Gasteiger partial charge in [-0.3, -0.25) is 19.1 Å². The molecule has 0 aliphatic rings. The molecule has 0 aliphatic heterocycles. The third kappa shape index (κ3) is 4.45. The third-order valence-electron chi connectivity index (χ3n) is 5.40. The Morgan fingerprint density at radius 3 is 2.73 bits per heavy atom. The first-order valence-corrected chi connectivity index (χ1v) is 10.5. The molecule has 1 radical (unpaired) electrons. The van der Waals surface area contributed by atoms with E-state index in [9.17, 15) is 18.8 Å². The number of amides is 1. The standard InChI is InChI=1S/C23H22FN6O3/c1-2-3-11-30-21-18(22(32)29-23(30)33)27-20(28-21)14(12-13-7-4-5-8-15(13)24)16-9-6-10-17(26-16)19(25)31/h4-9,14H,2-3,11-12H2,1H3,(H2,25,31)(H,27,28)(H,29,32,33). The van der Waals surface area contributed by atoms with Crippen molar-refractivity contribution in [2.24, 2.45) is 5.73 Å². The van der Waals surface area contributed by atoms with Crippen molar-refractivity contribution in [1.29, 1.82) is 0 Å². The number of nitrogens with two attached hydrogens (primary N) is 1. The number of carbonyl (C=O) groups is 1. The average Bonchev–Trinajstić information content (AvgIpc) is 3.24. The van der Waals surface area contributed by atoms with Gasteiger partial charge in [0.05, 0.1) is 11.6 Å². The summed E-state index contributed by atoms with van der Waals surface area (Å²) in [6.07, 6.45) is 1.71. The third-order valence-corrected chi connectivity index (χ3v) is 5.40. The lowest BCUT2D eigenvalue weighted by Gasteiger charge is -2.15. The highest BCUT2D eigenvalue weighted by atomic mass is 19.1. The molecule has 33 heavy (non-hydrogen) atoms. The molecule has 0 saturated heterocycles. The molecular formula is C23H22FN6O3. The molecule has 4 aromatic rings. The summed E-state index contributed by atoms with van der Waals surface area (Å²) in [7, 11) is 0. The Balaban J connectivity index is 1.90. The number of rotatable bonds is 8. The van der Waals surface area contributed by atoms with Gasteiger partial charge in [0.1, 0.15) is 22.9 Å². The fourth-order valence-corrected chi connectivity index (χ4v) is 3.70. The normalized spacial score (nSPS) is 12.2. The zero-order chi connectivity index (χ0) is 23.5. The van der Waals surface area contributed by atoms with Crippen molar-refractivity contribution in [2.45, 2.75) is 38.6 Å². The molecule has 169 valence electrons. The molecule has 1 unspecified atom stereocenters. The number of hydrogen-bond acceptors (Lipinski definition) is 5. The number of aryl methyl sites for hydroxylation is 1. The summed E-state index contributed by atoms with van der Waals surface area (Å²) in [5.74, 6) is -1.51. The second-order valence-corrected chi connectivity index (χ2v) is 7.66. The van der Waals surface area contributed by atoms with Crippen molar-refractivity contribution in [1.82, 2.24) is 24.5 Å². The minimum Gasteiger partial charge on any atom is -0.364 e. The lowest BCUT2D eigenvalue weighted by molar-refractivity contribution is 0.0995. The van der Waals surface area contributed by atoms with Gasteiger partial charge in [-0.15, -0.1) is 0 Å². The summed E-state index contributed by atoms with van der Waals surface area (Å²) < 4.78 is 15.9. The van der Waals surface area contributed by atoms with E-state index in [1.807, 2.05) is 6.92 Å². The highest BCUT2D eigenvalue weighted by Crippen LogP contribution is 2.27. The van der Waals surface area contributed by atoms with Crippen LogP contribution in [-0.4, -0.2) is 30.4 Å².